The predicted octanol–water partition coefficient (Wildman–Crippen LogP) is 6.68. The van der Waals surface area contributed by atoms with Gasteiger partial charge in [-0.25, -0.2) is 0 Å². The van der Waals surface area contributed by atoms with Gasteiger partial charge in [0.2, 0.25) is 0 Å². The van der Waals surface area contributed by atoms with E-state index < -0.39 is 0 Å². The fraction of sp³-hybridized carbons (Fsp3) is 0.0526. The Morgan fingerprint density at radius 1 is 0.826 bits per heavy atom. The van der Waals surface area contributed by atoms with E-state index in [2.05, 4.69) is 91.2 Å². The summed E-state index contributed by atoms with van der Waals surface area (Å²) in [6.07, 6.45) is 0. The van der Waals surface area contributed by atoms with E-state index in [0.717, 1.165) is 20.4 Å². The number of hydrogen-bond donors (Lipinski definition) is 1. The van der Waals surface area contributed by atoms with Crippen LogP contribution in [-0.2, 0) is 6.54 Å². The van der Waals surface area contributed by atoms with Crippen LogP contribution < -0.4 is 4.72 Å². The van der Waals surface area contributed by atoms with Crippen molar-refractivity contribution in [2.24, 2.45) is 0 Å². The van der Waals surface area contributed by atoms with Crippen molar-refractivity contribution in [2.45, 2.75) is 11.4 Å². The Morgan fingerprint density at radius 2 is 1.57 bits per heavy atom. The molecule has 3 aromatic rings. The van der Waals surface area contributed by atoms with E-state index in [-0.39, 0.29) is 0 Å². The highest BCUT2D eigenvalue weighted by molar-refractivity contribution is 9.11. The lowest BCUT2D eigenvalue weighted by Crippen LogP contribution is -2.04. The maximum Gasteiger partial charge on any atom is 0.0381 e. The summed E-state index contributed by atoms with van der Waals surface area (Å²) in [5.74, 6) is 0. The van der Waals surface area contributed by atoms with Gasteiger partial charge in [-0.2, -0.15) is 0 Å². The van der Waals surface area contributed by atoms with Crippen LogP contribution >= 0.6 is 43.8 Å². The first kappa shape index (κ1) is 16.8. The van der Waals surface area contributed by atoms with E-state index >= 15 is 0 Å². The van der Waals surface area contributed by atoms with Gasteiger partial charge in [0.1, 0.15) is 0 Å². The third-order valence-corrected chi connectivity index (χ3v) is 5.73. The lowest BCUT2D eigenvalue weighted by molar-refractivity contribution is 0.976. The fourth-order valence-corrected chi connectivity index (χ4v) is 4.06. The lowest BCUT2D eigenvalue weighted by atomic mass is 10.00. The molecule has 0 atom stereocenters. The fourth-order valence-electron chi connectivity index (χ4n) is 2.32. The molecule has 0 spiro atoms. The van der Waals surface area contributed by atoms with E-state index in [1.54, 1.807) is 11.9 Å². The molecule has 4 heteroatoms. The van der Waals surface area contributed by atoms with E-state index in [1.807, 2.05) is 18.2 Å². The van der Waals surface area contributed by atoms with E-state index in [0.29, 0.717) is 0 Å². The molecule has 0 aromatic heterocycles. The summed E-state index contributed by atoms with van der Waals surface area (Å²) in [6, 6.07) is 25.2. The van der Waals surface area contributed by atoms with Gasteiger partial charge in [-0.05, 0) is 62.8 Å². The molecule has 0 aliphatic rings. The predicted molar refractivity (Wildman–Crippen MR) is 106 cm³/mol. The van der Waals surface area contributed by atoms with Crippen LogP contribution in [0.5, 0.6) is 0 Å². The Morgan fingerprint density at radius 3 is 2.39 bits per heavy atom. The molecule has 0 saturated heterocycles. The van der Waals surface area contributed by atoms with E-state index in [4.69, 9.17) is 0 Å². The molecule has 0 saturated carbocycles. The van der Waals surface area contributed by atoms with Crippen LogP contribution in [0.2, 0.25) is 0 Å². The third kappa shape index (κ3) is 4.48. The molecule has 0 heterocycles. The summed E-state index contributed by atoms with van der Waals surface area (Å²) in [6.45, 7) is 0.800. The van der Waals surface area contributed by atoms with E-state index in [1.165, 1.54) is 16.7 Å². The van der Waals surface area contributed by atoms with Crippen molar-refractivity contribution in [3.05, 3.63) is 87.3 Å². The van der Waals surface area contributed by atoms with Gasteiger partial charge >= 0.3 is 0 Å². The molecule has 0 amide bonds. The molecule has 0 radical (unpaired) electrons. The van der Waals surface area contributed by atoms with Crippen LogP contribution in [0.3, 0.4) is 0 Å². The van der Waals surface area contributed by atoms with E-state index in [9.17, 15) is 0 Å². The second-order valence-corrected chi connectivity index (χ2v) is 7.72. The maximum absolute atomic E-state index is 3.59. The second-order valence-electron chi connectivity index (χ2n) is 5.02. The number of nitrogens with one attached hydrogen (secondary N) is 1. The Bertz CT molecular complexity index is 790. The van der Waals surface area contributed by atoms with Gasteiger partial charge in [0.15, 0.2) is 0 Å². The Kier molecular flexibility index (Phi) is 5.95. The normalized spacial score (nSPS) is 10.7. The first-order valence-corrected chi connectivity index (χ1v) is 9.62. The number of benzene rings is 3. The first-order valence-electron chi connectivity index (χ1n) is 7.22. The van der Waals surface area contributed by atoms with Gasteiger partial charge < -0.3 is 0 Å². The Labute approximate surface area is 157 Å². The Hall–Kier alpha value is -1.07. The van der Waals surface area contributed by atoms with Crippen molar-refractivity contribution >= 4 is 43.8 Å². The SMILES string of the molecule is Brc1ccc(Br)c(SNCc2ccccc2-c2ccccc2)c1. The largest absolute Gasteiger partial charge is 0.255 e. The zero-order chi connectivity index (χ0) is 16.1. The monoisotopic (exact) mass is 447 g/mol. The molecule has 3 rings (SSSR count). The second kappa shape index (κ2) is 8.15. The van der Waals surface area contributed by atoms with Crippen molar-refractivity contribution in [3.63, 3.8) is 0 Å². The zero-order valence-corrected chi connectivity index (χ0v) is 16.3. The zero-order valence-electron chi connectivity index (χ0n) is 12.3. The van der Waals surface area contributed by atoms with Crippen LogP contribution in [0.1, 0.15) is 5.56 Å². The highest BCUT2D eigenvalue weighted by atomic mass is 79.9. The van der Waals surface area contributed by atoms with Crippen molar-refractivity contribution in [2.75, 3.05) is 0 Å². The number of hydrogen-bond acceptors (Lipinski definition) is 2. The molecular weight excluding hydrogens is 434 g/mol. The summed E-state index contributed by atoms with van der Waals surface area (Å²) < 4.78 is 5.63. The van der Waals surface area contributed by atoms with Gasteiger partial charge in [0.05, 0.1) is 0 Å². The molecule has 0 bridgehead atoms. The summed E-state index contributed by atoms with van der Waals surface area (Å²) in [4.78, 5) is 1.16. The molecule has 0 aliphatic carbocycles. The standard InChI is InChI=1S/C19H15Br2NS/c20-16-10-11-18(21)19(12-16)23-22-13-15-8-4-5-9-17(15)14-6-2-1-3-7-14/h1-12,22H,13H2. The average Bonchev–Trinajstić information content (AvgIpc) is 2.59. The van der Waals surface area contributed by atoms with Crippen LogP contribution in [0.15, 0.2) is 86.6 Å². The minimum atomic E-state index is 0.800. The maximum atomic E-state index is 3.59. The van der Waals surface area contributed by atoms with Crippen molar-refractivity contribution in [1.82, 2.24) is 4.72 Å². The first-order chi connectivity index (χ1) is 11.2. The van der Waals surface area contributed by atoms with Gasteiger partial charge in [0.25, 0.3) is 0 Å². The van der Waals surface area contributed by atoms with Gasteiger partial charge in [-0.15, -0.1) is 0 Å². The minimum absolute atomic E-state index is 0.800. The molecule has 1 nitrogen and oxygen atoms in total. The number of rotatable bonds is 5. The van der Waals surface area contributed by atoms with Crippen molar-refractivity contribution in [3.8, 4) is 11.1 Å². The van der Waals surface area contributed by atoms with Gasteiger partial charge in [-0.3, -0.25) is 4.72 Å². The summed E-state index contributed by atoms with van der Waals surface area (Å²) in [5.41, 5.74) is 3.81. The summed E-state index contributed by atoms with van der Waals surface area (Å²) in [5, 5.41) is 0. The molecule has 116 valence electrons. The van der Waals surface area contributed by atoms with Crippen LogP contribution in [0, 0.1) is 0 Å². The molecular formula is C19H15Br2NS. The minimum Gasteiger partial charge on any atom is -0.255 e. The van der Waals surface area contributed by atoms with Crippen molar-refractivity contribution < 1.29 is 0 Å². The molecule has 0 unspecified atom stereocenters. The average molecular weight is 449 g/mol. The molecule has 0 fully saturated rings. The smallest absolute Gasteiger partial charge is 0.0381 e. The van der Waals surface area contributed by atoms with Crippen LogP contribution in [-0.4, -0.2) is 0 Å². The quantitative estimate of drug-likeness (QED) is 0.437. The highest BCUT2D eigenvalue weighted by Crippen LogP contribution is 2.29. The van der Waals surface area contributed by atoms with Gasteiger partial charge in [-0.1, -0.05) is 70.5 Å². The highest BCUT2D eigenvalue weighted by Gasteiger charge is 2.05. The van der Waals surface area contributed by atoms with Crippen LogP contribution in [0.25, 0.3) is 11.1 Å². The summed E-state index contributed by atoms with van der Waals surface area (Å²) in [7, 11) is 0. The molecule has 3 aromatic carbocycles. The molecule has 23 heavy (non-hydrogen) atoms. The number of halogens is 2. The summed E-state index contributed by atoms with van der Waals surface area (Å²) >= 11 is 8.73. The topological polar surface area (TPSA) is 12.0 Å². The Balaban J connectivity index is 1.73. The molecule has 1 N–H and O–H groups in total. The lowest BCUT2D eigenvalue weighted by Gasteiger charge is -2.11. The van der Waals surface area contributed by atoms with Crippen molar-refractivity contribution in [1.29, 1.82) is 0 Å². The molecule has 0 aliphatic heterocycles. The third-order valence-electron chi connectivity index (χ3n) is 3.44. The van der Waals surface area contributed by atoms with Gasteiger partial charge in [0, 0.05) is 20.4 Å². The van der Waals surface area contributed by atoms with Crippen LogP contribution in [0.4, 0.5) is 0 Å².